The van der Waals surface area contributed by atoms with Crippen molar-refractivity contribution in [1.29, 1.82) is 0 Å². The van der Waals surface area contributed by atoms with Crippen LogP contribution in [0.5, 0.6) is 0 Å². The molecule has 0 radical (unpaired) electrons. The molecule has 1 aromatic carbocycles. The van der Waals surface area contributed by atoms with Gasteiger partial charge in [0, 0.05) is 5.39 Å². The Balaban J connectivity index is 2.39. The lowest BCUT2D eigenvalue weighted by Crippen LogP contribution is -2.30. The number of nitrogens with zero attached hydrogens (tertiary/aromatic N) is 2. The minimum atomic E-state index is -0.149. The van der Waals surface area contributed by atoms with Crippen molar-refractivity contribution in [1.82, 2.24) is 4.98 Å². The zero-order valence-corrected chi connectivity index (χ0v) is 10.1. The first-order valence-electron chi connectivity index (χ1n) is 5.59. The summed E-state index contributed by atoms with van der Waals surface area (Å²) in [5, 5.41) is 12.2. The fourth-order valence-electron chi connectivity index (χ4n) is 1.59. The number of hydrogen-bond acceptors (Lipinski definition) is 3. The number of rotatable bonds is 3. The van der Waals surface area contributed by atoms with Gasteiger partial charge in [0.1, 0.15) is 0 Å². The largest absolute Gasteiger partial charge is 0.286 e. The van der Waals surface area contributed by atoms with Gasteiger partial charge in [-0.15, -0.1) is 0 Å². The first kappa shape index (κ1) is 11.6. The summed E-state index contributed by atoms with van der Waals surface area (Å²) >= 11 is 0. The van der Waals surface area contributed by atoms with E-state index in [0.717, 1.165) is 21.5 Å². The van der Waals surface area contributed by atoms with Crippen molar-refractivity contribution in [3.05, 3.63) is 48.6 Å². The molecule has 1 N–H and O–H groups in total. The van der Waals surface area contributed by atoms with Crippen molar-refractivity contribution in [2.24, 2.45) is 0 Å². The minimum absolute atomic E-state index is 0.149. The van der Waals surface area contributed by atoms with E-state index in [1.807, 2.05) is 50.2 Å². The van der Waals surface area contributed by atoms with Crippen LogP contribution < -0.4 is 5.06 Å². The van der Waals surface area contributed by atoms with Gasteiger partial charge in [0.25, 0.3) is 0 Å². The van der Waals surface area contributed by atoms with Crippen LogP contribution in [0, 0.1) is 0 Å². The van der Waals surface area contributed by atoms with Gasteiger partial charge in [-0.25, -0.2) is 10.0 Å². The van der Waals surface area contributed by atoms with Gasteiger partial charge < -0.3 is 0 Å². The summed E-state index contributed by atoms with van der Waals surface area (Å²) in [6, 6.07) is 11.4. The predicted octanol–water partition coefficient (Wildman–Crippen LogP) is 3.40. The number of pyridine rings is 1. The summed E-state index contributed by atoms with van der Waals surface area (Å²) in [7, 11) is 0. The van der Waals surface area contributed by atoms with E-state index in [0.29, 0.717) is 5.82 Å². The fraction of sp³-hybridized carbons (Fsp3) is 0.214. The van der Waals surface area contributed by atoms with E-state index in [9.17, 15) is 5.21 Å². The summed E-state index contributed by atoms with van der Waals surface area (Å²) in [5.41, 5.74) is 1.76. The normalized spacial score (nSPS) is 12.4. The smallest absolute Gasteiger partial charge is 0.153 e. The van der Waals surface area contributed by atoms with E-state index in [-0.39, 0.29) is 6.04 Å². The van der Waals surface area contributed by atoms with E-state index in [2.05, 4.69) is 11.6 Å². The Morgan fingerprint density at radius 2 is 2.00 bits per heavy atom. The van der Waals surface area contributed by atoms with Crippen LogP contribution in [0.1, 0.15) is 13.8 Å². The molecule has 88 valence electrons. The van der Waals surface area contributed by atoms with Crippen LogP contribution in [0.25, 0.3) is 10.9 Å². The Morgan fingerprint density at radius 3 is 2.71 bits per heavy atom. The van der Waals surface area contributed by atoms with Gasteiger partial charge in [-0.1, -0.05) is 30.4 Å². The summed E-state index contributed by atoms with van der Waals surface area (Å²) in [5.74, 6) is 0.541. The lowest BCUT2D eigenvalue weighted by molar-refractivity contribution is 0.231. The monoisotopic (exact) mass is 228 g/mol. The van der Waals surface area contributed by atoms with Gasteiger partial charge in [-0.05, 0) is 32.0 Å². The topological polar surface area (TPSA) is 36.4 Å². The molecule has 1 atom stereocenters. The SMILES string of the molecule is C=C(C)C(C)N(O)c1ccc2ccccc2n1. The molecule has 3 heteroatoms. The summed E-state index contributed by atoms with van der Waals surface area (Å²) in [6.45, 7) is 7.61. The van der Waals surface area contributed by atoms with Gasteiger partial charge in [-0.2, -0.15) is 0 Å². The number of anilines is 1. The zero-order chi connectivity index (χ0) is 12.4. The average molecular weight is 228 g/mol. The van der Waals surface area contributed by atoms with Crippen molar-refractivity contribution in [3.8, 4) is 0 Å². The highest BCUT2D eigenvalue weighted by molar-refractivity contribution is 5.80. The zero-order valence-electron chi connectivity index (χ0n) is 10.1. The number of aromatic nitrogens is 1. The maximum absolute atomic E-state index is 10.0. The molecule has 0 aliphatic heterocycles. The molecule has 0 saturated carbocycles. The fourth-order valence-corrected chi connectivity index (χ4v) is 1.59. The minimum Gasteiger partial charge on any atom is -0.286 e. The Hall–Kier alpha value is -1.87. The van der Waals surface area contributed by atoms with E-state index in [1.165, 1.54) is 0 Å². The standard InChI is InChI=1S/C14H16N2O/c1-10(2)11(3)16(17)14-9-8-12-6-4-5-7-13(12)15-14/h4-9,11,17H,1H2,2-3H3. The molecule has 2 aromatic rings. The molecular weight excluding hydrogens is 212 g/mol. The van der Waals surface area contributed by atoms with E-state index >= 15 is 0 Å². The molecule has 1 aromatic heterocycles. The van der Waals surface area contributed by atoms with Crippen LogP contribution in [0.3, 0.4) is 0 Å². The number of hydrogen-bond donors (Lipinski definition) is 1. The maximum atomic E-state index is 10.0. The summed E-state index contributed by atoms with van der Waals surface area (Å²) in [6.07, 6.45) is 0. The number of benzene rings is 1. The van der Waals surface area contributed by atoms with Crippen molar-refractivity contribution < 1.29 is 5.21 Å². The van der Waals surface area contributed by atoms with Crippen LogP contribution in [0.2, 0.25) is 0 Å². The molecule has 0 aliphatic carbocycles. The lowest BCUT2D eigenvalue weighted by atomic mass is 10.1. The van der Waals surface area contributed by atoms with Crippen LogP contribution in [0.4, 0.5) is 5.82 Å². The molecule has 1 heterocycles. The summed E-state index contributed by atoms with van der Waals surface area (Å²) < 4.78 is 0. The Bertz CT molecular complexity index is 551. The Morgan fingerprint density at radius 1 is 1.29 bits per heavy atom. The molecule has 17 heavy (non-hydrogen) atoms. The molecule has 0 bridgehead atoms. The van der Waals surface area contributed by atoms with Crippen LogP contribution in [-0.2, 0) is 0 Å². The average Bonchev–Trinajstić information content (AvgIpc) is 2.36. The second kappa shape index (κ2) is 4.55. The molecule has 0 spiro atoms. The molecule has 3 nitrogen and oxygen atoms in total. The number of fused-ring (bicyclic) bond motifs is 1. The van der Waals surface area contributed by atoms with Gasteiger partial charge >= 0.3 is 0 Å². The quantitative estimate of drug-likeness (QED) is 0.646. The second-order valence-corrected chi connectivity index (χ2v) is 4.23. The van der Waals surface area contributed by atoms with Gasteiger partial charge in [0.2, 0.25) is 0 Å². The Kier molecular flexibility index (Phi) is 3.11. The highest BCUT2D eigenvalue weighted by atomic mass is 16.5. The highest BCUT2D eigenvalue weighted by Gasteiger charge is 2.14. The van der Waals surface area contributed by atoms with Crippen molar-refractivity contribution in [2.75, 3.05) is 5.06 Å². The molecule has 0 amide bonds. The van der Waals surface area contributed by atoms with Crippen LogP contribution in [-0.4, -0.2) is 16.2 Å². The van der Waals surface area contributed by atoms with Crippen molar-refractivity contribution in [2.45, 2.75) is 19.9 Å². The van der Waals surface area contributed by atoms with Crippen LogP contribution >= 0.6 is 0 Å². The molecule has 2 rings (SSSR count). The van der Waals surface area contributed by atoms with E-state index in [1.54, 1.807) is 0 Å². The van der Waals surface area contributed by atoms with Gasteiger partial charge in [0.15, 0.2) is 5.82 Å². The van der Waals surface area contributed by atoms with Crippen molar-refractivity contribution >= 4 is 16.7 Å². The first-order valence-corrected chi connectivity index (χ1v) is 5.59. The van der Waals surface area contributed by atoms with E-state index in [4.69, 9.17) is 0 Å². The third kappa shape index (κ3) is 2.29. The van der Waals surface area contributed by atoms with Gasteiger partial charge in [-0.3, -0.25) is 5.21 Å². The first-order chi connectivity index (χ1) is 8.09. The van der Waals surface area contributed by atoms with E-state index < -0.39 is 0 Å². The second-order valence-electron chi connectivity index (χ2n) is 4.23. The van der Waals surface area contributed by atoms with Gasteiger partial charge in [0.05, 0.1) is 11.6 Å². The van der Waals surface area contributed by atoms with Crippen LogP contribution in [0.15, 0.2) is 48.6 Å². The van der Waals surface area contributed by atoms with Crippen molar-refractivity contribution in [3.63, 3.8) is 0 Å². The molecular formula is C14H16N2O. The third-order valence-electron chi connectivity index (χ3n) is 2.90. The Labute approximate surface area is 101 Å². The third-order valence-corrected chi connectivity index (χ3v) is 2.90. The molecule has 1 unspecified atom stereocenters. The summed E-state index contributed by atoms with van der Waals surface area (Å²) in [4.78, 5) is 4.41. The maximum Gasteiger partial charge on any atom is 0.153 e. The predicted molar refractivity (Wildman–Crippen MR) is 70.3 cm³/mol. The molecule has 0 fully saturated rings. The molecule has 0 saturated heterocycles. The number of hydroxylamine groups is 1. The highest BCUT2D eigenvalue weighted by Crippen LogP contribution is 2.19. The lowest BCUT2D eigenvalue weighted by Gasteiger charge is -2.23. The molecule has 0 aliphatic rings. The number of para-hydroxylation sites is 1.